The molecule has 154 valence electrons. The van der Waals surface area contributed by atoms with Gasteiger partial charge in [0.2, 0.25) is 10.0 Å². The number of sulfonamides is 1. The number of aryl methyl sites for hydroxylation is 1. The number of aromatic nitrogens is 1. The standard InChI is InChI=1S/C20H24N4O3S2/c1-3-8-21-29(26,27)18-7-5-6-16(13-18)20(25)24-11-9-23(10-12-24)14-17-15-28-19(4-2)22-17/h1,5-7,13,15,21H,4,8-12,14H2,2H3. The number of terminal acetylenes is 1. The molecule has 1 fully saturated rings. The number of carbonyl (C=O) groups excluding carboxylic acids is 1. The van der Waals surface area contributed by atoms with E-state index in [1.807, 2.05) is 0 Å². The SMILES string of the molecule is C#CCNS(=O)(=O)c1cccc(C(=O)N2CCN(Cc3csc(CC)n3)CC2)c1. The molecule has 2 heterocycles. The number of nitrogens with zero attached hydrogens (tertiary/aromatic N) is 3. The largest absolute Gasteiger partial charge is 0.336 e. The first-order valence-electron chi connectivity index (χ1n) is 9.41. The molecule has 7 nitrogen and oxygen atoms in total. The van der Waals surface area contributed by atoms with Crippen LogP contribution in [-0.4, -0.2) is 61.8 Å². The molecular formula is C20H24N4O3S2. The second-order valence-electron chi connectivity index (χ2n) is 6.71. The summed E-state index contributed by atoms with van der Waals surface area (Å²) in [6.45, 7) is 5.48. The molecule has 29 heavy (non-hydrogen) atoms. The van der Waals surface area contributed by atoms with Crippen LogP contribution in [0, 0.1) is 12.3 Å². The zero-order valence-electron chi connectivity index (χ0n) is 16.3. The van der Waals surface area contributed by atoms with Gasteiger partial charge in [-0.1, -0.05) is 18.9 Å². The molecular weight excluding hydrogens is 408 g/mol. The molecule has 0 saturated carbocycles. The van der Waals surface area contributed by atoms with Crippen molar-refractivity contribution >= 4 is 27.3 Å². The summed E-state index contributed by atoms with van der Waals surface area (Å²) in [6, 6.07) is 6.05. The number of amides is 1. The number of piperazine rings is 1. The van der Waals surface area contributed by atoms with Crippen LogP contribution in [0.15, 0.2) is 34.5 Å². The summed E-state index contributed by atoms with van der Waals surface area (Å²) in [5, 5.41) is 3.23. The Labute approximate surface area is 175 Å². The van der Waals surface area contributed by atoms with Gasteiger partial charge < -0.3 is 4.90 Å². The van der Waals surface area contributed by atoms with Gasteiger partial charge in [-0.25, -0.2) is 13.4 Å². The second kappa shape index (κ2) is 9.50. The maximum Gasteiger partial charge on any atom is 0.253 e. The second-order valence-corrected chi connectivity index (χ2v) is 9.42. The normalized spacial score (nSPS) is 15.2. The molecule has 1 aromatic carbocycles. The van der Waals surface area contributed by atoms with Gasteiger partial charge >= 0.3 is 0 Å². The lowest BCUT2D eigenvalue weighted by Gasteiger charge is -2.34. The zero-order chi connectivity index (χ0) is 20.9. The van der Waals surface area contributed by atoms with Crippen LogP contribution >= 0.6 is 11.3 Å². The zero-order valence-corrected chi connectivity index (χ0v) is 17.9. The highest BCUT2D eigenvalue weighted by atomic mass is 32.2. The molecule has 1 aliphatic heterocycles. The molecule has 1 aliphatic rings. The van der Waals surface area contributed by atoms with Gasteiger partial charge in [-0.15, -0.1) is 17.8 Å². The van der Waals surface area contributed by atoms with E-state index < -0.39 is 10.0 Å². The first-order chi connectivity index (χ1) is 13.9. The monoisotopic (exact) mass is 432 g/mol. The Kier molecular flexibility index (Phi) is 7.03. The molecule has 0 aliphatic carbocycles. The van der Waals surface area contributed by atoms with Crippen molar-refractivity contribution in [2.24, 2.45) is 0 Å². The van der Waals surface area contributed by atoms with Crippen LogP contribution in [0.1, 0.15) is 28.0 Å². The van der Waals surface area contributed by atoms with Gasteiger partial charge in [0.05, 0.1) is 22.1 Å². The number of rotatable bonds is 7. The highest BCUT2D eigenvalue weighted by Gasteiger charge is 2.24. The number of benzene rings is 1. The van der Waals surface area contributed by atoms with E-state index in [0.29, 0.717) is 18.7 Å². The van der Waals surface area contributed by atoms with Crippen molar-refractivity contribution < 1.29 is 13.2 Å². The highest BCUT2D eigenvalue weighted by molar-refractivity contribution is 7.89. The quantitative estimate of drug-likeness (QED) is 0.672. The van der Waals surface area contributed by atoms with Gasteiger partial charge in [-0.05, 0) is 24.6 Å². The molecule has 2 aromatic rings. The fourth-order valence-corrected chi connectivity index (χ4v) is 4.84. The van der Waals surface area contributed by atoms with Crippen molar-refractivity contribution in [1.29, 1.82) is 0 Å². The first-order valence-corrected chi connectivity index (χ1v) is 11.8. The lowest BCUT2D eigenvalue weighted by molar-refractivity contribution is 0.0627. The molecule has 1 N–H and O–H groups in total. The summed E-state index contributed by atoms with van der Waals surface area (Å²) in [5.41, 5.74) is 1.43. The van der Waals surface area contributed by atoms with Crippen LogP contribution in [0.4, 0.5) is 0 Å². The van der Waals surface area contributed by atoms with Crippen molar-refractivity contribution in [2.75, 3.05) is 32.7 Å². The van der Waals surface area contributed by atoms with E-state index in [1.165, 1.54) is 12.1 Å². The fourth-order valence-electron chi connectivity index (χ4n) is 3.12. The summed E-state index contributed by atoms with van der Waals surface area (Å²) in [6.07, 6.45) is 6.06. The van der Waals surface area contributed by atoms with Crippen LogP contribution < -0.4 is 4.72 Å². The minimum Gasteiger partial charge on any atom is -0.336 e. The summed E-state index contributed by atoms with van der Waals surface area (Å²) in [4.78, 5) is 21.5. The van der Waals surface area contributed by atoms with Crippen LogP contribution in [0.3, 0.4) is 0 Å². The molecule has 0 spiro atoms. The third-order valence-electron chi connectivity index (χ3n) is 4.70. The third kappa shape index (κ3) is 5.42. The van der Waals surface area contributed by atoms with Crippen molar-refractivity contribution in [3.05, 3.63) is 45.9 Å². The molecule has 1 amide bonds. The average Bonchev–Trinajstić information content (AvgIpc) is 3.20. The van der Waals surface area contributed by atoms with E-state index in [2.05, 4.69) is 32.8 Å². The molecule has 1 saturated heterocycles. The molecule has 0 bridgehead atoms. The van der Waals surface area contributed by atoms with Crippen molar-refractivity contribution in [3.63, 3.8) is 0 Å². The molecule has 1 aromatic heterocycles. The number of hydrogen-bond acceptors (Lipinski definition) is 6. The van der Waals surface area contributed by atoms with E-state index in [-0.39, 0.29) is 17.3 Å². The van der Waals surface area contributed by atoms with Crippen molar-refractivity contribution in [3.8, 4) is 12.3 Å². The summed E-state index contributed by atoms with van der Waals surface area (Å²) in [7, 11) is -3.73. The topological polar surface area (TPSA) is 82.6 Å². The number of nitrogens with one attached hydrogen (secondary N) is 1. The smallest absolute Gasteiger partial charge is 0.253 e. The van der Waals surface area contributed by atoms with E-state index in [0.717, 1.165) is 36.8 Å². The average molecular weight is 433 g/mol. The maximum absolute atomic E-state index is 12.8. The number of carbonyl (C=O) groups is 1. The summed E-state index contributed by atoms with van der Waals surface area (Å²) in [5.74, 6) is 2.07. The molecule has 0 unspecified atom stereocenters. The Morgan fingerprint density at radius 3 is 2.72 bits per heavy atom. The Morgan fingerprint density at radius 2 is 2.07 bits per heavy atom. The fraction of sp³-hybridized carbons (Fsp3) is 0.400. The van der Waals surface area contributed by atoms with Crippen LogP contribution in [0.5, 0.6) is 0 Å². The Bertz CT molecular complexity index is 1000. The lowest BCUT2D eigenvalue weighted by Crippen LogP contribution is -2.48. The predicted octanol–water partition coefficient (Wildman–Crippen LogP) is 1.57. The van der Waals surface area contributed by atoms with Gasteiger partial charge in [-0.2, -0.15) is 4.72 Å². The van der Waals surface area contributed by atoms with Gasteiger partial charge in [0.25, 0.3) is 5.91 Å². The van der Waals surface area contributed by atoms with E-state index in [9.17, 15) is 13.2 Å². The van der Waals surface area contributed by atoms with Gasteiger partial charge in [-0.3, -0.25) is 9.69 Å². The van der Waals surface area contributed by atoms with Crippen molar-refractivity contribution in [2.45, 2.75) is 24.8 Å². The van der Waals surface area contributed by atoms with Gasteiger partial charge in [0.1, 0.15) is 0 Å². The summed E-state index contributed by atoms with van der Waals surface area (Å²) < 4.78 is 26.8. The Balaban J connectivity index is 1.60. The lowest BCUT2D eigenvalue weighted by atomic mass is 10.2. The van der Waals surface area contributed by atoms with E-state index in [1.54, 1.807) is 28.4 Å². The highest BCUT2D eigenvalue weighted by Crippen LogP contribution is 2.16. The minimum atomic E-state index is -3.73. The molecule has 0 radical (unpaired) electrons. The summed E-state index contributed by atoms with van der Waals surface area (Å²) >= 11 is 1.68. The third-order valence-corrected chi connectivity index (χ3v) is 7.14. The molecule has 3 rings (SSSR count). The molecule has 9 heteroatoms. The molecule has 0 atom stereocenters. The Hall–Kier alpha value is -2.25. The Morgan fingerprint density at radius 1 is 1.31 bits per heavy atom. The van der Waals surface area contributed by atoms with Crippen molar-refractivity contribution in [1.82, 2.24) is 19.5 Å². The van der Waals surface area contributed by atoms with Crippen LogP contribution in [-0.2, 0) is 23.0 Å². The van der Waals surface area contributed by atoms with Gasteiger partial charge in [0, 0.05) is 43.7 Å². The first kappa shape index (κ1) is 21.5. The van der Waals surface area contributed by atoms with Crippen LogP contribution in [0.25, 0.3) is 0 Å². The van der Waals surface area contributed by atoms with Crippen LogP contribution in [0.2, 0.25) is 0 Å². The van der Waals surface area contributed by atoms with E-state index in [4.69, 9.17) is 6.42 Å². The predicted molar refractivity (Wildman–Crippen MR) is 113 cm³/mol. The number of hydrogen-bond donors (Lipinski definition) is 1. The minimum absolute atomic E-state index is 0.0347. The number of thiazole rings is 1. The van der Waals surface area contributed by atoms with Gasteiger partial charge in [0.15, 0.2) is 0 Å². The maximum atomic E-state index is 12.8. The van der Waals surface area contributed by atoms with E-state index >= 15 is 0 Å².